The molecule has 0 radical (unpaired) electrons. The van der Waals surface area contributed by atoms with E-state index in [4.69, 9.17) is 14.0 Å². The van der Waals surface area contributed by atoms with Gasteiger partial charge in [0.25, 0.3) is 0 Å². The molecule has 0 aliphatic rings. The fourth-order valence-electron chi connectivity index (χ4n) is 3.90. The second-order valence-electron chi connectivity index (χ2n) is 8.43. The predicted octanol–water partition coefficient (Wildman–Crippen LogP) is 6.75. The highest BCUT2D eigenvalue weighted by atomic mass is 31.2. The molecular weight excluding hydrogens is 395 g/mol. The van der Waals surface area contributed by atoms with Crippen LogP contribution in [0.15, 0.2) is 24.3 Å². The molecule has 2 aromatic rings. The molecule has 2 rings (SSSR count). The van der Waals surface area contributed by atoms with Crippen molar-refractivity contribution in [3.63, 3.8) is 0 Å². The minimum absolute atomic E-state index is 0.251. The Balaban J connectivity index is 2.36. The molecule has 166 valence electrons. The summed E-state index contributed by atoms with van der Waals surface area (Å²) in [5, 5.41) is 0. The standard InChI is InChI=1S/C25H37O4P/c1-9-29-30(8,26)15-22-12-18(4)24(20(6)19(22)5)14-21-10-11-25(28-16-27-7)23(13-21)17(2)3/h10-13,17H,9,14-16H2,1-8H3. The summed E-state index contributed by atoms with van der Waals surface area (Å²) >= 11 is 0. The maximum absolute atomic E-state index is 12.7. The maximum atomic E-state index is 12.7. The van der Waals surface area contributed by atoms with Crippen LogP contribution in [0.3, 0.4) is 0 Å². The third-order valence-corrected chi connectivity index (χ3v) is 7.35. The van der Waals surface area contributed by atoms with E-state index in [-0.39, 0.29) is 6.79 Å². The average molecular weight is 433 g/mol. The topological polar surface area (TPSA) is 44.8 Å². The van der Waals surface area contributed by atoms with Crippen molar-refractivity contribution >= 4 is 7.37 Å². The lowest BCUT2D eigenvalue weighted by Crippen LogP contribution is -2.05. The van der Waals surface area contributed by atoms with Crippen LogP contribution in [0.2, 0.25) is 0 Å². The van der Waals surface area contributed by atoms with Crippen LogP contribution >= 0.6 is 7.37 Å². The lowest BCUT2D eigenvalue weighted by molar-refractivity contribution is 0.0502. The summed E-state index contributed by atoms with van der Waals surface area (Å²) in [4.78, 5) is 0. The third-order valence-electron chi connectivity index (χ3n) is 5.63. The number of rotatable bonds is 10. The molecular formula is C25H37O4P. The minimum atomic E-state index is -2.62. The number of hydrogen-bond donors (Lipinski definition) is 0. The van der Waals surface area contributed by atoms with Gasteiger partial charge in [0.15, 0.2) is 6.79 Å². The molecule has 0 amide bonds. The van der Waals surface area contributed by atoms with Crippen LogP contribution in [0.4, 0.5) is 0 Å². The van der Waals surface area contributed by atoms with Gasteiger partial charge in [0, 0.05) is 19.9 Å². The summed E-state index contributed by atoms with van der Waals surface area (Å²) < 4.78 is 29.0. The Kier molecular flexibility index (Phi) is 8.73. The lowest BCUT2D eigenvalue weighted by atomic mass is 9.89. The zero-order valence-electron chi connectivity index (χ0n) is 19.8. The number of benzene rings is 2. The van der Waals surface area contributed by atoms with Crippen LogP contribution in [-0.4, -0.2) is 27.2 Å². The Bertz CT molecular complexity index is 918. The SMILES string of the molecule is CCOP(C)(=O)Cc1cc(C)c(Cc2ccc(OCOC)c(C(C)C)c2)c(C)c1C. The molecule has 0 bridgehead atoms. The molecule has 0 N–H and O–H groups in total. The quantitative estimate of drug-likeness (QED) is 0.308. The lowest BCUT2D eigenvalue weighted by Gasteiger charge is -2.20. The van der Waals surface area contributed by atoms with E-state index in [1.54, 1.807) is 13.8 Å². The van der Waals surface area contributed by atoms with Crippen LogP contribution in [0.5, 0.6) is 5.75 Å². The summed E-state index contributed by atoms with van der Waals surface area (Å²) in [7, 11) is -0.988. The zero-order valence-corrected chi connectivity index (χ0v) is 20.7. The summed E-state index contributed by atoms with van der Waals surface area (Å²) in [6.45, 7) is 15.1. The van der Waals surface area contributed by atoms with Crippen molar-refractivity contribution in [2.45, 2.75) is 60.0 Å². The predicted molar refractivity (Wildman–Crippen MR) is 125 cm³/mol. The smallest absolute Gasteiger partial charge is 0.204 e. The summed E-state index contributed by atoms with van der Waals surface area (Å²) in [6.07, 6.45) is 1.34. The van der Waals surface area contributed by atoms with Gasteiger partial charge >= 0.3 is 0 Å². The van der Waals surface area contributed by atoms with Gasteiger partial charge in [-0.15, -0.1) is 0 Å². The van der Waals surface area contributed by atoms with E-state index >= 15 is 0 Å². The molecule has 0 saturated carbocycles. The van der Waals surface area contributed by atoms with Crippen molar-refractivity contribution in [2.24, 2.45) is 0 Å². The molecule has 0 spiro atoms. The van der Waals surface area contributed by atoms with Crippen molar-refractivity contribution < 1.29 is 18.6 Å². The fraction of sp³-hybridized carbons (Fsp3) is 0.520. The molecule has 30 heavy (non-hydrogen) atoms. The van der Waals surface area contributed by atoms with Crippen molar-refractivity contribution in [2.75, 3.05) is 27.2 Å². The van der Waals surface area contributed by atoms with E-state index < -0.39 is 7.37 Å². The summed E-state index contributed by atoms with van der Waals surface area (Å²) in [6, 6.07) is 8.61. The normalized spacial score (nSPS) is 13.5. The van der Waals surface area contributed by atoms with Gasteiger partial charge in [0.1, 0.15) is 5.75 Å². The highest BCUT2D eigenvalue weighted by Gasteiger charge is 2.20. The first-order chi connectivity index (χ1) is 14.1. The molecule has 0 saturated heterocycles. The van der Waals surface area contributed by atoms with Crippen LogP contribution < -0.4 is 4.74 Å². The zero-order chi connectivity index (χ0) is 22.5. The van der Waals surface area contributed by atoms with Gasteiger partial charge in [0.2, 0.25) is 7.37 Å². The fourth-order valence-corrected chi connectivity index (χ4v) is 5.49. The van der Waals surface area contributed by atoms with Gasteiger partial charge in [-0.25, -0.2) is 0 Å². The average Bonchev–Trinajstić information content (AvgIpc) is 2.67. The van der Waals surface area contributed by atoms with Crippen LogP contribution in [-0.2, 0) is 26.4 Å². The van der Waals surface area contributed by atoms with Crippen LogP contribution in [0.25, 0.3) is 0 Å². The van der Waals surface area contributed by atoms with Gasteiger partial charge < -0.3 is 14.0 Å². The van der Waals surface area contributed by atoms with E-state index in [2.05, 4.69) is 52.8 Å². The van der Waals surface area contributed by atoms with Crippen LogP contribution in [0, 0.1) is 20.8 Å². The molecule has 4 nitrogen and oxygen atoms in total. The molecule has 0 fully saturated rings. The van der Waals surface area contributed by atoms with Crippen molar-refractivity contribution in [1.29, 1.82) is 0 Å². The molecule has 0 aliphatic heterocycles. The Morgan fingerprint density at radius 1 is 1.07 bits per heavy atom. The van der Waals surface area contributed by atoms with Crippen molar-refractivity contribution in [3.05, 3.63) is 63.2 Å². The van der Waals surface area contributed by atoms with Gasteiger partial charge in [-0.05, 0) is 85.0 Å². The Morgan fingerprint density at radius 2 is 1.77 bits per heavy atom. The van der Waals surface area contributed by atoms with E-state index in [1.807, 2.05) is 13.0 Å². The second kappa shape index (κ2) is 10.6. The first-order valence-corrected chi connectivity index (χ1v) is 12.9. The molecule has 0 aromatic heterocycles. The molecule has 2 aromatic carbocycles. The Hall–Kier alpha value is -1.61. The van der Waals surface area contributed by atoms with Gasteiger partial charge in [-0.3, -0.25) is 4.57 Å². The number of ether oxygens (including phenoxy) is 2. The molecule has 1 atom stereocenters. The highest BCUT2D eigenvalue weighted by Crippen LogP contribution is 2.47. The summed E-state index contributed by atoms with van der Waals surface area (Å²) in [5.74, 6) is 1.24. The van der Waals surface area contributed by atoms with Gasteiger partial charge in [0.05, 0.1) is 6.61 Å². The second-order valence-corrected chi connectivity index (χ2v) is 11.0. The van der Waals surface area contributed by atoms with E-state index in [0.717, 1.165) is 17.7 Å². The number of hydrogen-bond acceptors (Lipinski definition) is 4. The minimum Gasteiger partial charge on any atom is -0.467 e. The number of methoxy groups -OCH3 is 1. The van der Waals surface area contributed by atoms with Crippen molar-refractivity contribution in [1.82, 2.24) is 0 Å². The largest absolute Gasteiger partial charge is 0.467 e. The summed E-state index contributed by atoms with van der Waals surface area (Å²) in [5.41, 5.74) is 8.62. The van der Waals surface area contributed by atoms with E-state index in [1.165, 1.54) is 33.4 Å². The first kappa shape index (κ1) is 24.7. The monoisotopic (exact) mass is 432 g/mol. The third kappa shape index (κ3) is 6.20. The van der Waals surface area contributed by atoms with Crippen molar-refractivity contribution in [3.8, 4) is 5.75 Å². The first-order valence-electron chi connectivity index (χ1n) is 10.6. The number of aryl methyl sites for hydroxylation is 1. The highest BCUT2D eigenvalue weighted by molar-refractivity contribution is 7.57. The van der Waals surface area contributed by atoms with E-state index in [0.29, 0.717) is 18.7 Å². The molecule has 1 unspecified atom stereocenters. The molecule has 5 heteroatoms. The van der Waals surface area contributed by atoms with E-state index in [9.17, 15) is 4.57 Å². The Morgan fingerprint density at radius 3 is 2.37 bits per heavy atom. The molecule has 0 heterocycles. The van der Waals surface area contributed by atoms with Crippen LogP contribution in [0.1, 0.15) is 65.6 Å². The molecule has 0 aliphatic carbocycles. The Labute approximate surface area is 182 Å². The van der Waals surface area contributed by atoms with Gasteiger partial charge in [-0.1, -0.05) is 32.0 Å². The maximum Gasteiger partial charge on any atom is 0.204 e. The van der Waals surface area contributed by atoms with Gasteiger partial charge in [-0.2, -0.15) is 0 Å².